The van der Waals surface area contributed by atoms with Crippen LogP contribution in [0.15, 0.2) is 0 Å². The van der Waals surface area contributed by atoms with Crippen molar-refractivity contribution < 1.29 is 5.11 Å². The van der Waals surface area contributed by atoms with Crippen molar-refractivity contribution in [2.24, 2.45) is 17.3 Å². The molecule has 2 aliphatic rings. The number of hydrogen-bond acceptors (Lipinski definition) is 1. The fourth-order valence-electron chi connectivity index (χ4n) is 3.51. The molecule has 1 heteroatoms. The van der Waals surface area contributed by atoms with E-state index < -0.39 is 0 Å². The van der Waals surface area contributed by atoms with Gasteiger partial charge in [0.2, 0.25) is 0 Å². The van der Waals surface area contributed by atoms with Crippen molar-refractivity contribution in [3.63, 3.8) is 0 Å². The topological polar surface area (TPSA) is 20.2 Å². The molecule has 0 saturated heterocycles. The van der Waals surface area contributed by atoms with Gasteiger partial charge in [0, 0.05) is 6.61 Å². The lowest BCUT2D eigenvalue weighted by Gasteiger charge is -2.49. The van der Waals surface area contributed by atoms with Crippen LogP contribution in [0.4, 0.5) is 0 Å². The van der Waals surface area contributed by atoms with E-state index in [9.17, 15) is 5.11 Å². The summed E-state index contributed by atoms with van der Waals surface area (Å²) in [6.45, 7) is 2.77. The predicted octanol–water partition coefficient (Wildman–Crippen LogP) is 3.37. The van der Waals surface area contributed by atoms with Gasteiger partial charge in [-0.3, -0.25) is 0 Å². The van der Waals surface area contributed by atoms with Crippen molar-refractivity contribution in [3.05, 3.63) is 0 Å². The Bertz CT molecular complexity index is 170. The van der Waals surface area contributed by atoms with Crippen LogP contribution in [-0.2, 0) is 0 Å². The van der Waals surface area contributed by atoms with Crippen molar-refractivity contribution in [2.45, 2.75) is 58.3 Å². The highest BCUT2D eigenvalue weighted by molar-refractivity contribution is 4.94. The number of hydrogen-bond donors (Lipinski definition) is 1. The molecule has 2 rings (SSSR count). The lowest BCUT2D eigenvalue weighted by molar-refractivity contribution is -0.0339. The molecule has 0 atom stereocenters. The second kappa shape index (κ2) is 4.22. The Kier molecular flexibility index (Phi) is 3.16. The summed E-state index contributed by atoms with van der Waals surface area (Å²) in [4.78, 5) is 0. The van der Waals surface area contributed by atoms with Crippen LogP contribution >= 0.6 is 0 Å². The molecule has 1 N–H and O–H groups in total. The van der Waals surface area contributed by atoms with Gasteiger partial charge in [0.25, 0.3) is 0 Å². The molecule has 0 amide bonds. The summed E-state index contributed by atoms with van der Waals surface area (Å²) in [6.07, 6.45) is 10.9. The van der Waals surface area contributed by atoms with Crippen molar-refractivity contribution in [1.82, 2.24) is 0 Å². The molecule has 0 radical (unpaired) electrons. The minimum Gasteiger partial charge on any atom is -0.396 e. The molecule has 0 heterocycles. The predicted molar refractivity (Wildman–Crippen MR) is 59.1 cm³/mol. The Balaban J connectivity index is 1.88. The Labute approximate surface area is 87.9 Å². The molecule has 2 fully saturated rings. The van der Waals surface area contributed by atoms with Gasteiger partial charge in [-0.2, -0.15) is 0 Å². The summed E-state index contributed by atoms with van der Waals surface area (Å²) in [5.74, 6) is 1.84. The molecular weight excluding hydrogens is 172 g/mol. The van der Waals surface area contributed by atoms with E-state index in [2.05, 4.69) is 6.92 Å². The Morgan fingerprint density at radius 1 is 1.14 bits per heavy atom. The van der Waals surface area contributed by atoms with Crippen molar-refractivity contribution in [2.75, 3.05) is 6.61 Å². The first-order valence-electron chi connectivity index (χ1n) is 6.41. The smallest absolute Gasteiger partial charge is 0.0490 e. The van der Waals surface area contributed by atoms with E-state index in [1.54, 1.807) is 0 Å². The molecule has 0 aromatic rings. The van der Waals surface area contributed by atoms with Crippen LogP contribution in [0.5, 0.6) is 0 Å². The molecule has 82 valence electrons. The zero-order valence-electron chi connectivity index (χ0n) is 9.47. The van der Waals surface area contributed by atoms with E-state index >= 15 is 0 Å². The van der Waals surface area contributed by atoms with Gasteiger partial charge < -0.3 is 5.11 Å². The van der Waals surface area contributed by atoms with Crippen LogP contribution in [0, 0.1) is 17.3 Å². The third kappa shape index (κ3) is 1.71. The largest absolute Gasteiger partial charge is 0.396 e. The molecule has 0 aromatic carbocycles. The van der Waals surface area contributed by atoms with E-state index in [0.29, 0.717) is 12.0 Å². The SMILES string of the molecule is CCC1CCC(C2(CO)CCC2)CC1. The van der Waals surface area contributed by atoms with Gasteiger partial charge in [-0.25, -0.2) is 0 Å². The van der Waals surface area contributed by atoms with Crippen LogP contribution in [0.3, 0.4) is 0 Å². The second-order valence-electron chi connectivity index (χ2n) is 5.50. The van der Waals surface area contributed by atoms with Crippen LogP contribution in [-0.4, -0.2) is 11.7 Å². The van der Waals surface area contributed by atoms with Gasteiger partial charge in [0.05, 0.1) is 0 Å². The minimum atomic E-state index is 0.374. The van der Waals surface area contributed by atoms with E-state index in [4.69, 9.17) is 0 Å². The summed E-state index contributed by atoms with van der Waals surface area (Å²) in [5, 5.41) is 9.51. The molecule has 2 saturated carbocycles. The van der Waals surface area contributed by atoms with Crippen molar-refractivity contribution in [1.29, 1.82) is 0 Å². The highest BCUT2D eigenvalue weighted by Crippen LogP contribution is 2.52. The summed E-state index contributed by atoms with van der Waals surface area (Å²) in [7, 11) is 0. The Morgan fingerprint density at radius 2 is 1.79 bits per heavy atom. The Hall–Kier alpha value is -0.0400. The van der Waals surface area contributed by atoms with Crippen molar-refractivity contribution >= 4 is 0 Å². The fourth-order valence-corrected chi connectivity index (χ4v) is 3.51. The quantitative estimate of drug-likeness (QED) is 0.734. The average molecular weight is 196 g/mol. The zero-order chi connectivity index (χ0) is 10.0. The average Bonchev–Trinajstić information content (AvgIpc) is 2.18. The standard InChI is InChI=1S/C13H24O/c1-2-11-4-6-12(7-5-11)13(10-14)8-3-9-13/h11-12,14H,2-10H2,1H3. The van der Waals surface area contributed by atoms with Crippen LogP contribution < -0.4 is 0 Å². The molecule has 2 aliphatic carbocycles. The number of rotatable bonds is 3. The monoisotopic (exact) mass is 196 g/mol. The molecule has 0 bridgehead atoms. The third-order valence-corrected chi connectivity index (χ3v) is 4.95. The molecule has 1 nitrogen and oxygen atoms in total. The second-order valence-corrected chi connectivity index (χ2v) is 5.50. The van der Waals surface area contributed by atoms with Gasteiger partial charge in [-0.1, -0.05) is 32.6 Å². The van der Waals surface area contributed by atoms with Gasteiger partial charge in [0.15, 0.2) is 0 Å². The summed E-state index contributed by atoms with van der Waals surface area (Å²) in [6, 6.07) is 0. The van der Waals surface area contributed by atoms with Crippen molar-refractivity contribution in [3.8, 4) is 0 Å². The van der Waals surface area contributed by atoms with Gasteiger partial charge in [-0.15, -0.1) is 0 Å². The van der Waals surface area contributed by atoms with E-state index in [-0.39, 0.29) is 0 Å². The maximum atomic E-state index is 9.51. The van der Waals surface area contributed by atoms with E-state index in [1.165, 1.54) is 51.4 Å². The lowest BCUT2D eigenvalue weighted by Crippen LogP contribution is -2.42. The van der Waals surface area contributed by atoms with Crippen LogP contribution in [0.25, 0.3) is 0 Å². The maximum Gasteiger partial charge on any atom is 0.0490 e. The molecule has 14 heavy (non-hydrogen) atoms. The molecule has 0 aliphatic heterocycles. The third-order valence-electron chi connectivity index (χ3n) is 4.95. The maximum absolute atomic E-state index is 9.51. The van der Waals surface area contributed by atoms with E-state index in [0.717, 1.165) is 11.8 Å². The molecule has 0 unspecified atom stereocenters. The van der Waals surface area contributed by atoms with Gasteiger partial charge in [0.1, 0.15) is 0 Å². The van der Waals surface area contributed by atoms with Crippen LogP contribution in [0.1, 0.15) is 58.3 Å². The number of aliphatic hydroxyl groups is 1. The first-order valence-corrected chi connectivity index (χ1v) is 6.41. The highest BCUT2D eigenvalue weighted by Gasteiger charge is 2.44. The van der Waals surface area contributed by atoms with Gasteiger partial charge >= 0.3 is 0 Å². The molecular formula is C13H24O. The van der Waals surface area contributed by atoms with E-state index in [1.807, 2.05) is 0 Å². The minimum absolute atomic E-state index is 0.374. The first-order chi connectivity index (χ1) is 6.80. The normalized spacial score (nSPS) is 36.4. The summed E-state index contributed by atoms with van der Waals surface area (Å²) < 4.78 is 0. The lowest BCUT2D eigenvalue weighted by atomic mass is 9.57. The molecule has 0 spiro atoms. The summed E-state index contributed by atoms with van der Waals surface area (Å²) in [5.41, 5.74) is 0.374. The Morgan fingerprint density at radius 3 is 2.14 bits per heavy atom. The fraction of sp³-hybridized carbons (Fsp3) is 1.00. The van der Waals surface area contributed by atoms with Crippen LogP contribution in [0.2, 0.25) is 0 Å². The first kappa shape index (κ1) is 10.5. The highest BCUT2D eigenvalue weighted by atomic mass is 16.3. The molecule has 0 aromatic heterocycles. The van der Waals surface area contributed by atoms with Gasteiger partial charge in [-0.05, 0) is 42.9 Å². The summed E-state index contributed by atoms with van der Waals surface area (Å²) >= 11 is 0. The number of aliphatic hydroxyl groups excluding tert-OH is 1. The zero-order valence-corrected chi connectivity index (χ0v) is 9.47.